The van der Waals surface area contributed by atoms with Crippen LogP contribution in [0, 0.1) is 0 Å². The second kappa shape index (κ2) is 4.39. The number of hydrogen-bond acceptors (Lipinski definition) is 3. The molecule has 0 bridgehead atoms. The van der Waals surface area contributed by atoms with Crippen molar-refractivity contribution in [2.75, 3.05) is 13.1 Å². The van der Waals surface area contributed by atoms with Crippen molar-refractivity contribution < 1.29 is 13.5 Å². The molecule has 0 radical (unpaired) electrons. The van der Waals surface area contributed by atoms with Gasteiger partial charge in [-0.1, -0.05) is 19.3 Å². The summed E-state index contributed by atoms with van der Waals surface area (Å²) >= 11 is 0. The maximum absolute atomic E-state index is 12.1. The van der Waals surface area contributed by atoms with Crippen LogP contribution in [0.2, 0.25) is 0 Å². The number of β-amino-alcohol motifs (C(OH)–C–C–N with tert-alkyl or cyclic N) is 1. The number of hydrogen-bond donors (Lipinski definition) is 1. The molecule has 1 aliphatic carbocycles. The Morgan fingerprint density at radius 3 is 2.27 bits per heavy atom. The molecule has 1 heterocycles. The molecular weight excluding hydrogens is 214 g/mol. The Bertz CT molecular complexity index is 298. The van der Waals surface area contributed by atoms with Crippen LogP contribution in [-0.4, -0.2) is 42.3 Å². The van der Waals surface area contributed by atoms with E-state index in [9.17, 15) is 13.5 Å². The van der Waals surface area contributed by atoms with Crippen LogP contribution in [0.4, 0.5) is 0 Å². The lowest BCUT2D eigenvalue weighted by Crippen LogP contribution is -2.38. The number of nitrogens with zero attached hydrogens (tertiary/aromatic N) is 1. The van der Waals surface area contributed by atoms with Gasteiger partial charge in [0, 0.05) is 13.1 Å². The highest BCUT2D eigenvalue weighted by Crippen LogP contribution is 2.27. The molecular formula is C10H19NO3S. The molecule has 88 valence electrons. The van der Waals surface area contributed by atoms with Crippen LogP contribution in [0.5, 0.6) is 0 Å². The highest BCUT2D eigenvalue weighted by atomic mass is 32.2. The Morgan fingerprint density at radius 1 is 1.07 bits per heavy atom. The molecule has 1 saturated heterocycles. The Balaban J connectivity index is 2.05. The Kier molecular flexibility index (Phi) is 3.33. The van der Waals surface area contributed by atoms with E-state index in [0.29, 0.717) is 19.5 Å². The monoisotopic (exact) mass is 233 g/mol. The summed E-state index contributed by atoms with van der Waals surface area (Å²) in [6, 6.07) is 0. The quantitative estimate of drug-likeness (QED) is 0.764. The molecule has 1 atom stereocenters. The molecule has 0 amide bonds. The largest absolute Gasteiger partial charge is 0.392 e. The van der Waals surface area contributed by atoms with Gasteiger partial charge in [-0.05, 0) is 19.3 Å². The van der Waals surface area contributed by atoms with E-state index in [2.05, 4.69) is 0 Å². The minimum Gasteiger partial charge on any atom is -0.392 e. The highest BCUT2D eigenvalue weighted by molar-refractivity contribution is 7.89. The van der Waals surface area contributed by atoms with E-state index >= 15 is 0 Å². The summed E-state index contributed by atoms with van der Waals surface area (Å²) in [5.41, 5.74) is 0. The fourth-order valence-corrected chi connectivity index (χ4v) is 4.61. The van der Waals surface area contributed by atoms with Crippen LogP contribution < -0.4 is 0 Å². The van der Waals surface area contributed by atoms with Crippen molar-refractivity contribution in [2.45, 2.75) is 49.9 Å². The zero-order valence-electron chi connectivity index (χ0n) is 8.93. The normalized spacial score (nSPS) is 30.9. The maximum atomic E-state index is 12.1. The van der Waals surface area contributed by atoms with Gasteiger partial charge in [0.05, 0.1) is 11.4 Å². The molecule has 0 spiro atoms. The summed E-state index contributed by atoms with van der Waals surface area (Å²) in [6.45, 7) is 0.804. The van der Waals surface area contributed by atoms with Gasteiger partial charge < -0.3 is 5.11 Å². The molecule has 1 N–H and O–H groups in total. The lowest BCUT2D eigenvalue weighted by Gasteiger charge is -2.26. The van der Waals surface area contributed by atoms with Gasteiger partial charge in [-0.2, -0.15) is 4.31 Å². The average Bonchev–Trinajstić information content (AvgIpc) is 2.67. The van der Waals surface area contributed by atoms with Crippen molar-refractivity contribution in [3.05, 3.63) is 0 Å². The summed E-state index contributed by atoms with van der Waals surface area (Å²) in [5, 5.41) is 9.17. The topological polar surface area (TPSA) is 57.6 Å². The lowest BCUT2D eigenvalue weighted by atomic mass is 10.0. The van der Waals surface area contributed by atoms with Gasteiger partial charge in [-0.3, -0.25) is 0 Å². The summed E-state index contributed by atoms with van der Waals surface area (Å²) in [7, 11) is -3.12. The minimum atomic E-state index is -3.12. The van der Waals surface area contributed by atoms with Gasteiger partial charge in [0.2, 0.25) is 10.0 Å². The molecule has 2 fully saturated rings. The van der Waals surface area contributed by atoms with E-state index in [4.69, 9.17) is 0 Å². The smallest absolute Gasteiger partial charge is 0.217 e. The SMILES string of the molecule is O=S(=O)(C1CCCCC1)N1CC[C@@H](O)C1. The molecule has 0 aromatic rings. The van der Waals surface area contributed by atoms with Gasteiger partial charge in [0.1, 0.15) is 0 Å². The predicted molar refractivity (Wildman–Crippen MR) is 58.0 cm³/mol. The zero-order valence-corrected chi connectivity index (χ0v) is 9.75. The average molecular weight is 233 g/mol. The van der Waals surface area contributed by atoms with Crippen molar-refractivity contribution in [2.24, 2.45) is 0 Å². The van der Waals surface area contributed by atoms with Crippen LogP contribution in [0.1, 0.15) is 38.5 Å². The fourth-order valence-electron chi connectivity index (χ4n) is 2.52. The summed E-state index contributed by atoms with van der Waals surface area (Å²) in [6.07, 6.45) is 4.95. The first-order chi connectivity index (χ1) is 7.10. The van der Waals surface area contributed by atoms with E-state index in [1.54, 1.807) is 0 Å². The molecule has 2 rings (SSSR count). The third-order valence-corrected chi connectivity index (χ3v) is 5.82. The summed E-state index contributed by atoms with van der Waals surface area (Å²) < 4.78 is 25.8. The molecule has 1 saturated carbocycles. The van der Waals surface area contributed by atoms with Gasteiger partial charge in [-0.25, -0.2) is 8.42 Å². The molecule has 5 heteroatoms. The van der Waals surface area contributed by atoms with Gasteiger partial charge in [-0.15, -0.1) is 0 Å². The van der Waals surface area contributed by atoms with Crippen molar-refractivity contribution in [1.29, 1.82) is 0 Å². The Hall–Kier alpha value is -0.130. The van der Waals surface area contributed by atoms with Gasteiger partial charge >= 0.3 is 0 Å². The van der Waals surface area contributed by atoms with Crippen LogP contribution in [0.25, 0.3) is 0 Å². The van der Waals surface area contributed by atoms with Crippen LogP contribution >= 0.6 is 0 Å². The van der Waals surface area contributed by atoms with Crippen molar-refractivity contribution in [1.82, 2.24) is 4.31 Å². The van der Waals surface area contributed by atoms with Crippen LogP contribution in [0.3, 0.4) is 0 Å². The first-order valence-electron chi connectivity index (χ1n) is 5.78. The number of sulfonamides is 1. The van der Waals surface area contributed by atoms with Crippen LogP contribution in [-0.2, 0) is 10.0 Å². The van der Waals surface area contributed by atoms with E-state index in [1.807, 2.05) is 0 Å². The Labute approximate surface area is 91.3 Å². The standard InChI is InChI=1S/C10H19NO3S/c12-9-6-7-11(8-9)15(13,14)10-4-2-1-3-5-10/h9-10,12H,1-8H2/t9-/m1/s1. The van der Waals surface area contributed by atoms with Crippen LogP contribution in [0.15, 0.2) is 0 Å². The zero-order chi connectivity index (χ0) is 10.9. The third kappa shape index (κ3) is 2.34. The third-order valence-electron chi connectivity index (χ3n) is 3.46. The molecule has 1 aliphatic heterocycles. The van der Waals surface area contributed by atoms with Crippen molar-refractivity contribution in [3.63, 3.8) is 0 Å². The maximum Gasteiger partial charge on any atom is 0.217 e. The second-order valence-electron chi connectivity index (χ2n) is 4.61. The molecule has 0 aromatic heterocycles. The predicted octanol–water partition coefficient (Wildman–Crippen LogP) is 0.716. The second-order valence-corrected chi connectivity index (χ2v) is 6.82. The first kappa shape index (κ1) is 11.4. The number of aliphatic hydroxyl groups is 1. The lowest BCUT2D eigenvalue weighted by molar-refractivity contribution is 0.189. The fraction of sp³-hybridized carbons (Fsp3) is 1.00. The Morgan fingerprint density at radius 2 is 1.73 bits per heavy atom. The first-order valence-corrected chi connectivity index (χ1v) is 7.28. The molecule has 0 unspecified atom stereocenters. The number of rotatable bonds is 2. The molecule has 0 aromatic carbocycles. The summed E-state index contributed by atoms with van der Waals surface area (Å²) in [4.78, 5) is 0. The van der Waals surface area contributed by atoms with Gasteiger partial charge in [0.15, 0.2) is 0 Å². The van der Waals surface area contributed by atoms with E-state index in [-0.39, 0.29) is 5.25 Å². The van der Waals surface area contributed by atoms with E-state index in [0.717, 1.165) is 32.1 Å². The van der Waals surface area contributed by atoms with Crippen molar-refractivity contribution in [3.8, 4) is 0 Å². The highest BCUT2D eigenvalue weighted by Gasteiger charge is 2.36. The molecule has 15 heavy (non-hydrogen) atoms. The molecule has 4 nitrogen and oxygen atoms in total. The summed E-state index contributed by atoms with van der Waals surface area (Å²) in [5.74, 6) is 0. The van der Waals surface area contributed by atoms with Crippen molar-refractivity contribution >= 4 is 10.0 Å². The van der Waals surface area contributed by atoms with E-state index in [1.165, 1.54) is 4.31 Å². The van der Waals surface area contributed by atoms with E-state index < -0.39 is 16.1 Å². The van der Waals surface area contributed by atoms with Gasteiger partial charge in [0.25, 0.3) is 0 Å². The number of aliphatic hydroxyl groups excluding tert-OH is 1. The minimum absolute atomic E-state index is 0.184. The molecule has 2 aliphatic rings.